The van der Waals surface area contributed by atoms with Gasteiger partial charge in [0.2, 0.25) is 0 Å². The Balaban J connectivity index is 2.12. The minimum absolute atomic E-state index is 0.0487. The molecule has 0 aromatic heterocycles. The van der Waals surface area contributed by atoms with Crippen molar-refractivity contribution in [3.63, 3.8) is 0 Å². The molecule has 0 fully saturated rings. The van der Waals surface area contributed by atoms with Crippen molar-refractivity contribution in [2.75, 3.05) is 12.5 Å². The topological polar surface area (TPSA) is 83.0 Å². The fourth-order valence-corrected chi connectivity index (χ4v) is 2.78. The molecular formula is C18H18IN2O4-. The summed E-state index contributed by atoms with van der Waals surface area (Å²) < 4.78 is 12.1. The highest BCUT2D eigenvalue weighted by molar-refractivity contribution is 14.1. The number of methoxy groups -OCH3 is 1. The predicted octanol–water partition coefficient (Wildman–Crippen LogP) is 2.90. The summed E-state index contributed by atoms with van der Waals surface area (Å²) in [6, 6.07) is 9.92. The molecular weight excluding hydrogens is 435 g/mol. The van der Waals surface area contributed by atoms with Crippen LogP contribution in [0.1, 0.15) is 29.8 Å². The number of carbonyl (C=O) groups excluding carboxylic acids is 1. The molecule has 0 spiro atoms. The van der Waals surface area contributed by atoms with E-state index in [1.807, 2.05) is 26.0 Å². The van der Waals surface area contributed by atoms with E-state index < -0.39 is 5.97 Å². The van der Waals surface area contributed by atoms with Crippen molar-refractivity contribution in [1.82, 2.24) is 0 Å². The van der Waals surface area contributed by atoms with Crippen LogP contribution in [-0.4, -0.2) is 25.4 Å². The molecule has 0 aliphatic rings. The SMILES string of the molecule is COc1cc(C=NNc2ccc(C(=O)[O-])cc2)cc(I)c1OC(C)C. The number of carboxylic acids is 1. The predicted molar refractivity (Wildman–Crippen MR) is 103 cm³/mol. The van der Waals surface area contributed by atoms with Gasteiger partial charge >= 0.3 is 0 Å². The van der Waals surface area contributed by atoms with Crippen molar-refractivity contribution in [3.05, 3.63) is 51.1 Å². The molecule has 0 radical (unpaired) electrons. The van der Waals surface area contributed by atoms with E-state index >= 15 is 0 Å². The first-order chi connectivity index (χ1) is 11.9. The third kappa shape index (κ3) is 5.35. The molecule has 2 aromatic rings. The van der Waals surface area contributed by atoms with Gasteiger partial charge in [0.15, 0.2) is 11.5 Å². The highest BCUT2D eigenvalue weighted by Gasteiger charge is 2.12. The molecule has 0 aliphatic carbocycles. The number of nitrogens with zero attached hydrogens (tertiary/aromatic N) is 1. The van der Waals surface area contributed by atoms with E-state index in [9.17, 15) is 9.90 Å². The molecule has 0 bridgehead atoms. The lowest BCUT2D eigenvalue weighted by molar-refractivity contribution is -0.255. The van der Waals surface area contributed by atoms with E-state index in [1.165, 1.54) is 12.1 Å². The molecule has 2 rings (SSSR count). The molecule has 6 nitrogen and oxygen atoms in total. The Hall–Kier alpha value is -2.29. The number of ether oxygens (including phenoxy) is 2. The first-order valence-corrected chi connectivity index (χ1v) is 8.63. The van der Waals surface area contributed by atoms with Gasteiger partial charge in [-0.2, -0.15) is 5.10 Å². The zero-order valence-corrected chi connectivity index (χ0v) is 16.2. The number of hydrazone groups is 1. The number of nitrogens with one attached hydrogen (secondary N) is 1. The van der Waals surface area contributed by atoms with Gasteiger partial charge in [-0.05, 0) is 71.8 Å². The number of rotatable bonds is 7. The van der Waals surface area contributed by atoms with E-state index in [4.69, 9.17) is 9.47 Å². The lowest BCUT2D eigenvalue weighted by Gasteiger charge is -2.15. The third-order valence-corrected chi connectivity index (χ3v) is 3.93. The average Bonchev–Trinajstić information content (AvgIpc) is 2.57. The van der Waals surface area contributed by atoms with Crippen LogP contribution in [0.5, 0.6) is 11.5 Å². The summed E-state index contributed by atoms with van der Waals surface area (Å²) in [7, 11) is 1.59. The van der Waals surface area contributed by atoms with E-state index in [0.717, 1.165) is 9.13 Å². The maximum Gasteiger partial charge on any atom is 0.174 e. The van der Waals surface area contributed by atoms with Crippen molar-refractivity contribution < 1.29 is 19.4 Å². The molecule has 0 amide bonds. The van der Waals surface area contributed by atoms with Gasteiger partial charge in [0.1, 0.15) is 0 Å². The Kier molecular flexibility index (Phi) is 6.63. The number of carboxylic acid groups (broad SMARTS) is 1. The molecule has 132 valence electrons. The summed E-state index contributed by atoms with van der Waals surface area (Å²) in [6.45, 7) is 3.92. The van der Waals surface area contributed by atoms with Gasteiger partial charge in [-0.25, -0.2) is 0 Å². The van der Waals surface area contributed by atoms with Crippen LogP contribution in [0, 0.1) is 3.57 Å². The summed E-state index contributed by atoms with van der Waals surface area (Å²) >= 11 is 2.19. The highest BCUT2D eigenvalue weighted by atomic mass is 127. The van der Waals surface area contributed by atoms with Gasteiger partial charge in [0, 0.05) is 0 Å². The smallest absolute Gasteiger partial charge is 0.174 e. The van der Waals surface area contributed by atoms with Crippen LogP contribution < -0.4 is 20.0 Å². The second kappa shape index (κ2) is 8.70. The van der Waals surface area contributed by atoms with Crippen LogP contribution in [0.3, 0.4) is 0 Å². The number of anilines is 1. The first-order valence-electron chi connectivity index (χ1n) is 7.55. The number of hydrogen-bond donors (Lipinski definition) is 1. The van der Waals surface area contributed by atoms with E-state index in [2.05, 4.69) is 33.1 Å². The Labute approximate surface area is 160 Å². The Bertz CT molecular complexity index is 773. The third-order valence-electron chi connectivity index (χ3n) is 3.13. The standard InChI is InChI=1S/C18H19IN2O4/c1-11(2)25-17-15(19)8-12(9-16(17)24-3)10-20-21-14-6-4-13(5-7-14)18(22)23/h4-11,21H,1-3H3,(H,22,23)/p-1. The van der Waals surface area contributed by atoms with Crippen molar-refractivity contribution in [2.24, 2.45) is 5.10 Å². The summed E-state index contributed by atoms with van der Waals surface area (Å²) in [6.07, 6.45) is 1.70. The lowest BCUT2D eigenvalue weighted by atomic mass is 10.2. The largest absolute Gasteiger partial charge is 0.545 e. The maximum absolute atomic E-state index is 10.7. The number of benzene rings is 2. The fraction of sp³-hybridized carbons (Fsp3) is 0.222. The molecule has 0 aliphatic heterocycles. The molecule has 25 heavy (non-hydrogen) atoms. The van der Waals surface area contributed by atoms with Gasteiger partial charge in [-0.1, -0.05) is 12.1 Å². The van der Waals surface area contributed by atoms with Crippen molar-refractivity contribution in [2.45, 2.75) is 20.0 Å². The highest BCUT2D eigenvalue weighted by Crippen LogP contribution is 2.34. The van der Waals surface area contributed by atoms with E-state index in [-0.39, 0.29) is 11.7 Å². The minimum atomic E-state index is -1.21. The first kappa shape index (κ1) is 19.0. The summed E-state index contributed by atoms with van der Waals surface area (Å²) in [5.41, 5.74) is 4.48. The molecule has 1 N–H and O–H groups in total. The lowest BCUT2D eigenvalue weighted by Crippen LogP contribution is -2.21. The number of hydrogen-bond acceptors (Lipinski definition) is 6. The normalized spacial score (nSPS) is 10.9. The molecule has 0 unspecified atom stereocenters. The van der Waals surface area contributed by atoms with Crippen LogP contribution in [-0.2, 0) is 0 Å². The minimum Gasteiger partial charge on any atom is -0.545 e. The molecule has 0 saturated carbocycles. The van der Waals surface area contributed by atoms with E-state index in [1.54, 1.807) is 25.5 Å². The van der Waals surface area contributed by atoms with Gasteiger partial charge < -0.3 is 19.4 Å². The molecule has 7 heteroatoms. The Morgan fingerprint density at radius 2 is 1.96 bits per heavy atom. The monoisotopic (exact) mass is 453 g/mol. The fourth-order valence-electron chi connectivity index (χ4n) is 2.03. The van der Waals surface area contributed by atoms with Crippen molar-refractivity contribution >= 4 is 40.5 Å². The Morgan fingerprint density at radius 3 is 2.52 bits per heavy atom. The zero-order valence-electron chi connectivity index (χ0n) is 14.1. The second-order valence-corrected chi connectivity index (χ2v) is 6.60. The van der Waals surface area contributed by atoms with Gasteiger partial charge in [0.25, 0.3) is 0 Å². The van der Waals surface area contributed by atoms with Crippen LogP contribution >= 0.6 is 22.6 Å². The summed E-state index contributed by atoms with van der Waals surface area (Å²) in [4.78, 5) is 10.7. The Morgan fingerprint density at radius 1 is 1.28 bits per heavy atom. The van der Waals surface area contributed by atoms with Crippen LogP contribution in [0.4, 0.5) is 5.69 Å². The van der Waals surface area contributed by atoms with Gasteiger partial charge in [0.05, 0.1) is 34.7 Å². The van der Waals surface area contributed by atoms with Crippen LogP contribution in [0.2, 0.25) is 0 Å². The number of aromatic carboxylic acids is 1. The average molecular weight is 453 g/mol. The molecule has 0 atom stereocenters. The van der Waals surface area contributed by atoms with Crippen molar-refractivity contribution in [1.29, 1.82) is 0 Å². The number of halogens is 1. The molecule has 2 aromatic carbocycles. The second-order valence-electron chi connectivity index (χ2n) is 5.44. The quantitative estimate of drug-likeness (QED) is 0.396. The van der Waals surface area contributed by atoms with Crippen LogP contribution in [0.15, 0.2) is 41.5 Å². The molecule has 0 heterocycles. The van der Waals surface area contributed by atoms with Crippen molar-refractivity contribution in [3.8, 4) is 11.5 Å². The zero-order chi connectivity index (χ0) is 18.4. The summed E-state index contributed by atoms with van der Waals surface area (Å²) in [5.74, 6) is 0.141. The van der Waals surface area contributed by atoms with Gasteiger partial charge in [-0.15, -0.1) is 0 Å². The molecule has 0 saturated heterocycles. The van der Waals surface area contributed by atoms with Gasteiger partial charge in [-0.3, -0.25) is 5.43 Å². The number of carbonyl (C=O) groups is 1. The van der Waals surface area contributed by atoms with Crippen LogP contribution in [0.25, 0.3) is 0 Å². The summed E-state index contributed by atoms with van der Waals surface area (Å²) in [5, 5.41) is 14.9. The van der Waals surface area contributed by atoms with E-state index in [0.29, 0.717) is 17.2 Å². The maximum atomic E-state index is 10.7.